The highest BCUT2D eigenvalue weighted by Crippen LogP contribution is 2.15. The molecule has 0 spiro atoms. The standard InChI is InChI=1S/C16H11NO6/c18-14-12-7-6-11(8-13(12)22-16(20)23-14)17-15(19)21-9-10-4-2-1-3-5-10/h1-8H,9H2,(H,17,19). The van der Waals surface area contributed by atoms with E-state index in [9.17, 15) is 14.4 Å². The van der Waals surface area contributed by atoms with Crippen molar-refractivity contribution in [3.63, 3.8) is 0 Å². The molecule has 3 aromatic rings. The first-order valence-corrected chi connectivity index (χ1v) is 6.67. The van der Waals surface area contributed by atoms with Gasteiger partial charge < -0.3 is 13.6 Å². The fraction of sp³-hybridized carbons (Fsp3) is 0.0625. The molecule has 7 heteroatoms. The quantitative estimate of drug-likeness (QED) is 0.797. The van der Waals surface area contributed by atoms with E-state index in [4.69, 9.17) is 9.15 Å². The summed E-state index contributed by atoms with van der Waals surface area (Å²) in [6.45, 7) is 0.124. The SMILES string of the molecule is O=C(Nc1ccc2c(=O)oc(=O)oc2c1)OCc1ccccc1. The van der Waals surface area contributed by atoms with Gasteiger partial charge >= 0.3 is 17.5 Å². The molecular formula is C16H11NO6. The number of fused-ring (bicyclic) bond motifs is 1. The molecule has 0 aliphatic rings. The van der Waals surface area contributed by atoms with Crippen LogP contribution in [0.25, 0.3) is 11.0 Å². The van der Waals surface area contributed by atoms with Crippen LogP contribution in [0.4, 0.5) is 10.5 Å². The van der Waals surface area contributed by atoms with Crippen molar-refractivity contribution < 1.29 is 18.4 Å². The number of amides is 1. The number of rotatable bonds is 3. The summed E-state index contributed by atoms with van der Waals surface area (Å²) in [5.74, 6) is -1.11. The third kappa shape index (κ3) is 3.46. The topological polar surface area (TPSA) is 98.8 Å². The molecule has 1 heterocycles. The third-order valence-corrected chi connectivity index (χ3v) is 3.03. The Labute approximate surface area is 129 Å². The molecular weight excluding hydrogens is 302 g/mol. The van der Waals surface area contributed by atoms with Gasteiger partial charge in [0.05, 0.1) is 0 Å². The van der Waals surface area contributed by atoms with Crippen molar-refractivity contribution in [2.24, 2.45) is 0 Å². The number of carbonyl (C=O) groups excluding carboxylic acids is 1. The first-order valence-electron chi connectivity index (χ1n) is 6.67. The van der Waals surface area contributed by atoms with E-state index in [1.165, 1.54) is 18.2 Å². The van der Waals surface area contributed by atoms with E-state index in [1.54, 1.807) is 0 Å². The van der Waals surface area contributed by atoms with Crippen molar-refractivity contribution in [1.82, 2.24) is 0 Å². The maximum absolute atomic E-state index is 11.7. The molecule has 3 rings (SSSR count). The summed E-state index contributed by atoms with van der Waals surface area (Å²) in [5.41, 5.74) is 0.399. The van der Waals surface area contributed by atoms with Gasteiger partial charge in [-0.2, -0.15) is 0 Å². The van der Waals surface area contributed by atoms with Crippen LogP contribution in [-0.4, -0.2) is 6.09 Å². The number of hydrogen-bond donors (Lipinski definition) is 1. The van der Waals surface area contributed by atoms with Crippen molar-refractivity contribution in [1.29, 1.82) is 0 Å². The number of hydrogen-bond acceptors (Lipinski definition) is 6. The molecule has 0 saturated heterocycles. The molecule has 0 saturated carbocycles. The average molecular weight is 313 g/mol. The van der Waals surface area contributed by atoms with Crippen molar-refractivity contribution in [2.75, 3.05) is 5.32 Å². The highest BCUT2D eigenvalue weighted by Gasteiger charge is 2.08. The summed E-state index contributed by atoms with van der Waals surface area (Å²) in [7, 11) is 0. The number of anilines is 1. The van der Waals surface area contributed by atoms with Crippen LogP contribution in [0.2, 0.25) is 0 Å². The van der Waals surface area contributed by atoms with E-state index in [0.29, 0.717) is 5.69 Å². The smallest absolute Gasteiger partial charge is 0.444 e. The van der Waals surface area contributed by atoms with Crippen LogP contribution < -0.4 is 16.8 Å². The third-order valence-electron chi connectivity index (χ3n) is 3.03. The second kappa shape index (κ2) is 6.18. The van der Waals surface area contributed by atoms with E-state index in [0.717, 1.165) is 5.56 Å². The Morgan fingerprint density at radius 1 is 1.04 bits per heavy atom. The minimum Gasteiger partial charge on any atom is -0.444 e. The minimum atomic E-state index is -1.11. The van der Waals surface area contributed by atoms with Gasteiger partial charge in [0.15, 0.2) is 5.58 Å². The van der Waals surface area contributed by atoms with Gasteiger partial charge in [-0.05, 0) is 17.7 Å². The molecule has 7 nitrogen and oxygen atoms in total. The van der Waals surface area contributed by atoms with E-state index in [-0.39, 0.29) is 17.6 Å². The zero-order valence-electron chi connectivity index (χ0n) is 11.8. The van der Waals surface area contributed by atoms with Gasteiger partial charge in [0, 0.05) is 11.8 Å². The lowest BCUT2D eigenvalue weighted by atomic mass is 10.2. The molecule has 0 unspecified atom stereocenters. The molecule has 1 amide bonds. The summed E-state index contributed by atoms with van der Waals surface area (Å²) in [6, 6.07) is 13.4. The predicted molar refractivity (Wildman–Crippen MR) is 81.3 cm³/mol. The summed E-state index contributed by atoms with van der Waals surface area (Å²) >= 11 is 0. The summed E-state index contributed by atoms with van der Waals surface area (Å²) in [5, 5.41) is 2.59. The Morgan fingerprint density at radius 3 is 2.61 bits per heavy atom. The van der Waals surface area contributed by atoms with Crippen LogP contribution in [0.1, 0.15) is 5.56 Å². The van der Waals surface area contributed by atoms with Crippen molar-refractivity contribution in [3.05, 3.63) is 75.1 Å². The molecule has 0 aliphatic carbocycles. The first kappa shape index (κ1) is 14.6. The second-order valence-corrected chi connectivity index (χ2v) is 4.64. The molecule has 0 atom stereocenters. The molecule has 0 radical (unpaired) electrons. The zero-order chi connectivity index (χ0) is 16.2. The van der Waals surface area contributed by atoms with Crippen LogP contribution in [-0.2, 0) is 11.3 Å². The van der Waals surface area contributed by atoms with Gasteiger partial charge in [0.1, 0.15) is 12.0 Å². The Hall–Kier alpha value is -3.35. The van der Waals surface area contributed by atoms with E-state index >= 15 is 0 Å². The number of benzene rings is 2. The maximum Gasteiger partial charge on any atom is 0.522 e. The molecule has 0 bridgehead atoms. The normalized spacial score (nSPS) is 10.4. The highest BCUT2D eigenvalue weighted by atomic mass is 16.6. The van der Waals surface area contributed by atoms with Crippen LogP contribution >= 0.6 is 0 Å². The molecule has 1 aromatic heterocycles. The zero-order valence-corrected chi connectivity index (χ0v) is 11.8. The lowest BCUT2D eigenvalue weighted by molar-refractivity contribution is 0.155. The van der Waals surface area contributed by atoms with Crippen molar-refractivity contribution >= 4 is 22.7 Å². The van der Waals surface area contributed by atoms with Crippen molar-refractivity contribution in [2.45, 2.75) is 6.61 Å². The highest BCUT2D eigenvalue weighted by molar-refractivity contribution is 5.88. The Balaban J connectivity index is 1.72. The van der Waals surface area contributed by atoms with E-state index in [1.807, 2.05) is 30.3 Å². The number of carbonyl (C=O) groups is 1. The lowest BCUT2D eigenvalue weighted by Crippen LogP contribution is -2.14. The van der Waals surface area contributed by atoms with Gasteiger partial charge in [-0.15, -0.1) is 0 Å². The van der Waals surface area contributed by atoms with Gasteiger partial charge in [-0.25, -0.2) is 14.4 Å². The van der Waals surface area contributed by atoms with Crippen LogP contribution in [0.5, 0.6) is 0 Å². The number of nitrogens with one attached hydrogen (secondary N) is 1. The number of ether oxygens (including phenoxy) is 1. The fourth-order valence-electron chi connectivity index (χ4n) is 1.97. The molecule has 23 heavy (non-hydrogen) atoms. The summed E-state index contributed by atoms with van der Waals surface area (Å²) in [6.07, 6.45) is -0.668. The Morgan fingerprint density at radius 2 is 1.83 bits per heavy atom. The minimum absolute atomic E-state index is 0.0205. The largest absolute Gasteiger partial charge is 0.522 e. The Kier molecular flexibility index (Phi) is 3.92. The van der Waals surface area contributed by atoms with Gasteiger partial charge in [0.25, 0.3) is 0 Å². The van der Waals surface area contributed by atoms with Gasteiger partial charge in [-0.1, -0.05) is 30.3 Å². The van der Waals surface area contributed by atoms with Crippen molar-refractivity contribution in [3.8, 4) is 0 Å². The summed E-state index contributed by atoms with van der Waals surface area (Å²) in [4.78, 5) is 34.3. The molecule has 0 fully saturated rings. The predicted octanol–water partition coefficient (Wildman–Crippen LogP) is 2.49. The second-order valence-electron chi connectivity index (χ2n) is 4.64. The molecule has 116 valence electrons. The average Bonchev–Trinajstić information content (AvgIpc) is 2.53. The lowest BCUT2D eigenvalue weighted by Gasteiger charge is -2.07. The van der Waals surface area contributed by atoms with Gasteiger partial charge in [0.2, 0.25) is 0 Å². The summed E-state index contributed by atoms with van der Waals surface area (Å²) < 4.78 is 14.2. The fourth-order valence-corrected chi connectivity index (χ4v) is 1.97. The first-order chi connectivity index (χ1) is 11.1. The molecule has 2 aromatic carbocycles. The Bertz CT molecular complexity index is 957. The monoisotopic (exact) mass is 313 g/mol. The van der Waals surface area contributed by atoms with Crippen LogP contribution in [0, 0.1) is 0 Å². The van der Waals surface area contributed by atoms with Gasteiger partial charge in [-0.3, -0.25) is 5.32 Å². The maximum atomic E-state index is 11.7. The van der Waals surface area contributed by atoms with Crippen LogP contribution in [0.15, 0.2) is 67.0 Å². The molecule has 0 aliphatic heterocycles. The van der Waals surface area contributed by atoms with E-state index < -0.39 is 17.5 Å². The molecule has 1 N–H and O–H groups in total. The van der Waals surface area contributed by atoms with E-state index in [2.05, 4.69) is 9.73 Å². The van der Waals surface area contributed by atoms with Crippen LogP contribution in [0.3, 0.4) is 0 Å².